The van der Waals surface area contributed by atoms with E-state index >= 15 is 0 Å². The number of hydrogen-bond acceptors (Lipinski definition) is 26. The Hall–Kier alpha value is -2.51. The lowest BCUT2D eigenvalue weighted by Crippen LogP contribution is -2.68. The summed E-state index contributed by atoms with van der Waals surface area (Å²) in [6.45, 7) is -1.00. The molecule has 5 rings (SSSR count). The molecule has 0 saturated carbocycles. The first kappa shape index (κ1) is 53.4. The molecule has 376 valence electrons. The van der Waals surface area contributed by atoms with E-state index < -0.39 is 204 Å². The van der Waals surface area contributed by atoms with Crippen LogP contribution in [0.4, 0.5) is 0 Å². The van der Waals surface area contributed by atoms with Crippen LogP contribution >= 0.6 is 0 Å². The van der Waals surface area contributed by atoms with Gasteiger partial charge in [0.25, 0.3) is 0 Å². The highest BCUT2D eigenvalue weighted by atomic mass is 16.8. The molecule has 0 radical (unpaired) electrons. The third-order valence-corrected chi connectivity index (χ3v) is 11.5. The Morgan fingerprint density at radius 3 is 1.31 bits per heavy atom. The summed E-state index contributed by atoms with van der Waals surface area (Å²) in [5.41, 5.74) is 0. The molecule has 0 aromatic rings. The van der Waals surface area contributed by atoms with Crippen molar-refractivity contribution < 1.29 is 129 Å². The predicted molar refractivity (Wildman–Crippen MR) is 201 cm³/mol. The number of carbonyl (C=O) groups excluding carboxylic acids is 3. The molecule has 29 nitrogen and oxygen atoms in total. The second-order valence-corrected chi connectivity index (χ2v) is 16.2. The fourth-order valence-corrected chi connectivity index (χ4v) is 8.02. The van der Waals surface area contributed by atoms with Crippen LogP contribution in [-0.2, 0) is 57.0 Å². The normalized spacial score (nSPS) is 47.1. The van der Waals surface area contributed by atoms with E-state index in [1.807, 2.05) is 0 Å². The van der Waals surface area contributed by atoms with Crippen molar-refractivity contribution in [3.05, 3.63) is 0 Å². The lowest BCUT2D eigenvalue weighted by atomic mass is 9.95. The van der Waals surface area contributed by atoms with Crippen molar-refractivity contribution in [3.8, 4) is 0 Å². The average molecular weight is 952 g/mol. The van der Waals surface area contributed by atoms with Gasteiger partial charge in [-0.2, -0.15) is 0 Å². The molecule has 0 aromatic carbocycles. The van der Waals surface area contributed by atoms with Crippen LogP contribution in [0.2, 0.25) is 0 Å². The molecular formula is C36H61N3O26. The van der Waals surface area contributed by atoms with Gasteiger partial charge in [0.2, 0.25) is 17.7 Å². The van der Waals surface area contributed by atoms with Gasteiger partial charge in [-0.15, -0.1) is 0 Å². The number of nitrogens with one attached hydrogen (secondary N) is 3. The van der Waals surface area contributed by atoms with Crippen LogP contribution in [0.15, 0.2) is 0 Å². The molecule has 5 aliphatic rings. The maximum atomic E-state index is 12.1. The zero-order valence-corrected chi connectivity index (χ0v) is 35.1. The summed E-state index contributed by atoms with van der Waals surface area (Å²) in [4.78, 5) is 35.9. The first-order valence-corrected chi connectivity index (χ1v) is 20.6. The zero-order chi connectivity index (χ0) is 48.2. The molecular weight excluding hydrogens is 890 g/mol. The standard InChI is InChI=1S/C36H61N3O26/c1-9(43)37-17-26(52)30(14(6-42)59-32(17)56)64-35-29(55)27(53)22(48)15(62-35)8-58-36-31(65-34-19(39-11(3)45)25(51)21(47)13(5-41)61-34)28(54)23(49)16(63-36)7-57-33-18(38-10(2)44)24(50)20(46)12(4-40)60-33/h12-36,40-42,46-56H,4-8H2,1-3H3,(H,37,43)(H,38,44)(H,39,45)/t12-,13-,14-,15-,16-,17-,18-,19-,20-,21-,22-,23-,24-,25-,26-,27+,28+,29+,30-,31+,32?,33-,34+,35+,36-/m1/s1. The molecule has 1 unspecified atom stereocenters. The van der Waals surface area contributed by atoms with E-state index in [0.29, 0.717) is 0 Å². The van der Waals surface area contributed by atoms with Crippen molar-refractivity contribution in [3.63, 3.8) is 0 Å². The van der Waals surface area contributed by atoms with E-state index in [1.165, 1.54) is 0 Å². The monoisotopic (exact) mass is 951 g/mol. The van der Waals surface area contributed by atoms with Crippen molar-refractivity contribution in [1.29, 1.82) is 0 Å². The molecule has 0 aromatic heterocycles. The second-order valence-electron chi connectivity index (χ2n) is 16.2. The van der Waals surface area contributed by atoms with Crippen LogP contribution in [0.25, 0.3) is 0 Å². The number of aliphatic hydroxyl groups is 14. The molecule has 5 saturated heterocycles. The number of rotatable bonds is 16. The van der Waals surface area contributed by atoms with Crippen LogP contribution < -0.4 is 16.0 Å². The fourth-order valence-electron chi connectivity index (χ4n) is 8.02. The van der Waals surface area contributed by atoms with E-state index in [0.717, 1.165) is 20.8 Å². The summed E-state index contributed by atoms with van der Waals surface area (Å²) >= 11 is 0. The van der Waals surface area contributed by atoms with Crippen molar-refractivity contribution >= 4 is 17.7 Å². The van der Waals surface area contributed by atoms with Crippen molar-refractivity contribution in [2.45, 2.75) is 174 Å². The van der Waals surface area contributed by atoms with Crippen LogP contribution in [0.3, 0.4) is 0 Å². The van der Waals surface area contributed by atoms with E-state index in [4.69, 9.17) is 42.6 Å². The van der Waals surface area contributed by atoms with Gasteiger partial charge in [0.05, 0.1) is 33.0 Å². The SMILES string of the molecule is CC(=O)N[C@H]1[C@H](OC[C@H]2O[C@@H](OC[C@H]3O[C@@H](O[C@H]4[C@H](O)[C@@H](NC(C)=O)C(O)O[C@@H]4CO)[C@@H](O)[C@@H](O)[C@@H]3O)[C@@H](O[C@@H]3O[C@H](CO)[C@@H](O)[C@H](O)[C@H]3NC(C)=O)[C@@H](O)[C@@H]2O)O[C@H](CO)[C@@H](O)[C@@H]1O. The predicted octanol–water partition coefficient (Wildman–Crippen LogP) is -11.5. The molecule has 25 atom stereocenters. The van der Waals surface area contributed by atoms with Crippen LogP contribution in [-0.4, -0.2) is 276 Å². The maximum Gasteiger partial charge on any atom is 0.217 e. The number of amides is 3. The average Bonchev–Trinajstić information content (AvgIpc) is 3.25. The number of carbonyl (C=O) groups is 3. The molecule has 0 spiro atoms. The molecule has 0 aliphatic carbocycles. The quantitative estimate of drug-likeness (QED) is 0.0683. The number of hydrogen-bond donors (Lipinski definition) is 17. The van der Waals surface area contributed by atoms with Crippen molar-refractivity contribution in [2.24, 2.45) is 0 Å². The Kier molecular flexibility index (Phi) is 19.1. The highest BCUT2D eigenvalue weighted by Crippen LogP contribution is 2.33. The highest BCUT2D eigenvalue weighted by Gasteiger charge is 2.55. The minimum Gasteiger partial charge on any atom is -0.394 e. The third kappa shape index (κ3) is 12.2. The molecule has 29 heteroatoms. The molecule has 5 heterocycles. The van der Waals surface area contributed by atoms with Gasteiger partial charge in [0.1, 0.15) is 122 Å². The summed E-state index contributed by atoms with van der Waals surface area (Å²) in [5.74, 6) is -2.14. The topological polar surface area (TPSA) is 454 Å². The van der Waals surface area contributed by atoms with Gasteiger partial charge in [-0.1, -0.05) is 0 Å². The first-order valence-electron chi connectivity index (χ1n) is 20.6. The van der Waals surface area contributed by atoms with Crippen molar-refractivity contribution in [1.82, 2.24) is 16.0 Å². The molecule has 65 heavy (non-hydrogen) atoms. The van der Waals surface area contributed by atoms with Crippen molar-refractivity contribution in [2.75, 3.05) is 33.0 Å². The summed E-state index contributed by atoms with van der Waals surface area (Å²) in [6, 6.07) is -4.57. The Morgan fingerprint density at radius 1 is 0.400 bits per heavy atom. The van der Waals surface area contributed by atoms with E-state index in [2.05, 4.69) is 16.0 Å². The van der Waals surface area contributed by atoms with Gasteiger partial charge < -0.3 is 130 Å². The van der Waals surface area contributed by atoms with E-state index in [9.17, 15) is 85.9 Å². The smallest absolute Gasteiger partial charge is 0.217 e. The van der Waals surface area contributed by atoms with E-state index in [1.54, 1.807) is 0 Å². The molecule has 0 bridgehead atoms. The number of aliphatic hydroxyl groups excluding tert-OH is 14. The lowest BCUT2D eigenvalue weighted by Gasteiger charge is -2.48. The van der Waals surface area contributed by atoms with Gasteiger partial charge in [-0.25, -0.2) is 0 Å². The Balaban J connectivity index is 1.40. The lowest BCUT2D eigenvalue weighted by molar-refractivity contribution is -0.372. The Morgan fingerprint density at radius 2 is 0.800 bits per heavy atom. The summed E-state index contributed by atoms with van der Waals surface area (Å²) in [7, 11) is 0. The minimum absolute atomic E-state index is 0.691. The Labute approximate surface area is 369 Å². The van der Waals surface area contributed by atoms with Gasteiger partial charge >= 0.3 is 0 Å². The summed E-state index contributed by atoms with van der Waals surface area (Å²) in [6.07, 6.45) is -39.8. The third-order valence-electron chi connectivity index (χ3n) is 11.5. The number of ether oxygens (including phenoxy) is 9. The molecule has 17 N–H and O–H groups in total. The molecule has 3 amide bonds. The fraction of sp³-hybridized carbons (Fsp3) is 0.917. The maximum absolute atomic E-state index is 12.1. The van der Waals surface area contributed by atoms with Crippen LogP contribution in [0, 0.1) is 0 Å². The first-order chi connectivity index (χ1) is 30.6. The summed E-state index contributed by atoms with van der Waals surface area (Å²) in [5, 5.41) is 156. The summed E-state index contributed by atoms with van der Waals surface area (Å²) < 4.78 is 51.4. The molecule has 5 aliphatic heterocycles. The zero-order valence-electron chi connectivity index (χ0n) is 35.1. The van der Waals surface area contributed by atoms with Crippen LogP contribution in [0.5, 0.6) is 0 Å². The van der Waals surface area contributed by atoms with Gasteiger partial charge in [-0.3, -0.25) is 14.4 Å². The Bertz CT molecular complexity index is 1560. The minimum atomic E-state index is -2.10. The molecule has 5 fully saturated rings. The second kappa shape index (κ2) is 23.2. The van der Waals surface area contributed by atoms with Gasteiger partial charge in [0, 0.05) is 20.8 Å². The van der Waals surface area contributed by atoms with Gasteiger partial charge in [-0.05, 0) is 0 Å². The van der Waals surface area contributed by atoms with E-state index in [-0.39, 0.29) is 0 Å². The van der Waals surface area contributed by atoms with Crippen LogP contribution in [0.1, 0.15) is 20.8 Å². The largest absolute Gasteiger partial charge is 0.394 e. The van der Waals surface area contributed by atoms with Gasteiger partial charge in [0.15, 0.2) is 31.5 Å². The highest BCUT2D eigenvalue weighted by molar-refractivity contribution is 5.74.